The van der Waals surface area contributed by atoms with Crippen molar-refractivity contribution in [1.29, 1.82) is 0 Å². The molecule has 118 valence electrons. The summed E-state index contributed by atoms with van der Waals surface area (Å²) in [5.41, 5.74) is 0. The highest BCUT2D eigenvalue weighted by Crippen LogP contribution is 2.08. The quantitative estimate of drug-likeness (QED) is 0.375. The Kier molecular flexibility index (Phi) is 32.2. The maximum atomic E-state index is 10.3. The van der Waals surface area contributed by atoms with Crippen LogP contribution >= 0.6 is 0 Å². The van der Waals surface area contributed by atoms with Crippen molar-refractivity contribution < 1.29 is 9.63 Å². The third kappa shape index (κ3) is 31.7. The molecule has 0 aliphatic heterocycles. The molecule has 2 N–H and O–H groups in total. The molecule has 4 heteroatoms. The van der Waals surface area contributed by atoms with Crippen molar-refractivity contribution in [2.24, 2.45) is 5.90 Å². The zero-order chi connectivity index (χ0) is 15.4. The first-order valence-corrected chi connectivity index (χ1v) is 7.61. The Morgan fingerprint density at radius 2 is 1.37 bits per heavy atom. The smallest absolute Gasteiger partial charge is 0.209 e. The van der Waals surface area contributed by atoms with E-state index in [0.717, 1.165) is 19.4 Å². The normalized spacial score (nSPS) is 8.74. The first kappa shape index (κ1) is 23.5. The van der Waals surface area contributed by atoms with E-state index in [2.05, 4.69) is 17.7 Å². The summed E-state index contributed by atoms with van der Waals surface area (Å²) < 4.78 is 0. The molecular formula is C15H36N2O2. The fraction of sp³-hybridized carbons (Fsp3) is 0.933. The van der Waals surface area contributed by atoms with Crippen LogP contribution in [0.15, 0.2) is 0 Å². The second-order valence-corrected chi connectivity index (χ2v) is 4.30. The number of unbranched alkanes of at least 4 members (excludes halogenated alkanes) is 7. The van der Waals surface area contributed by atoms with Gasteiger partial charge in [-0.25, -0.2) is 5.90 Å². The van der Waals surface area contributed by atoms with E-state index in [0.29, 0.717) is 0 Å². The number of nitrogens with two attached hydrogens (primary N) is 1. The molecule has 0 fully saturated rings. The Balaban J connectivity index is -0.000000445. The van der Waals surface area contributed by atoms with Crippen LogP contribution in [0.25, 0.3) is 0 Å². The highest BCUT2D eigenvalue weighted by atomic mass is 16.6. The molecule has 0 aromatic rings. The number of nitrogens with zero attached hydrogens (tertiary/aromatic N) is 1. The van der Waals surface area contributed by atoms with Crippen molar-refractivity contribution in [3.05, 3.63) is 0 Å². The molecule has 0 atom stereocenters. The van der Waals surface area contributed by atoms with Gasteiger partial charge < -0.3 is 9.74 Å². The van der Waals surface area contributed by atoms with Crippen LogP contribution in [0.3, 0.4) is 0 Å². The van der Waals surface area contributed by atoms with Gasteiger partial charge in [-0.3, -0.25) is 4.79 Å². The fourth-order valence-electron chi connectivity index (χ4n) is 1.55. The summed E-state index contributed by atoms with van der Waals surface area (Å²) >= 11 is 0. The SMILES string of the molecule is CC.CCCCCCCCCCN(C)C=O.CON. The Morgan fingerprint density at radius 3 is 1.74 bits per heavy atom. The lowest BCUT2D eigenvalue weighted by Crippen LogP contribution is -2.16. The average molecular weight is 276 g/mol. The molecule has 0 heterocycles. The van der Waals surface area contributed by atoms with Crippen LogP contribution in [0.1, 0.15) is 72.1 Å². The summed E-state index contributed by atoms with van der Waals surface area (Å²) in [5, 5.41) is 0. The summed E-state index contributed by atoms with van der Waals surface area (Å²) in [7, 11) is 3.24. The number of carbonyl (C=O) groups is 1. The molecule has 0 spiro atoms. The molecule has 0 aliphatic rings. The first-order valence-electron chi connectivity index (χ1n) is 7.61. The van der Waals surface area contributed by atoms with Gasteiger partial charge in [0.15, 0.2) is 0 Å². The van der Waals surface area contributed by atoms with E-state index in [1.807, 2.05) is 20.9 Å². The molecule has 0 saturated carbocycles. The molecule has 1 amide bonds. The summed E-state index contributed by atoms with van der Waals surface area (Å²) in [6, 6.07) is 0. The van der Waals surface area contributed by atoms with Gasteiger partial charge in [-0.1, -0.05) is 65.7 Å². The van der Waals surface area contributed by atoms with E-state index in [1.54, 1.807) is 4.90 Å². The molecular weight excluding hydrogens is 240 g/mol. The van der Waals surface area contributed by atoms with E-state index in [-0.39, 0.29) is 0 Å². The molecule has 19 heavy (non-hydrogen) atoms. The van der Waals surface area contributed by atoms with Crippen molar-refractivity contribution in [3.8, 4) is 0 Å². The van der Waals surface area contributed by atoms with Crippen LogP contribution < -0.4 is 5.90 Å². The standard InChI is InChI=1S/C12H25NO.C2H6.CH5NO/c1-3-4-5-6-7-8-9-10-11-13(2)12-14;1-2;1-3-2/h12H,3-11H2,1-2H3;1-2H3;2H2,1H3. The zero-order valence-electron chi connectivity index (χ0n) is 13.8. The second-order valence-electron chi connectivity index (χ2n) is 4.30. The van der Waals surface area contributed by atoms with E-state index >= 15 is 0 Å². The summed E-state index contributed by atoms with van der Waals surface area (Å²) in [5.74, 6) is 4.35. The molecule has 0 aromatic heterocycles. The highest BCUT2D eigenvalue weighted by Gasteiger charge is 1.94. The topological polar surface area (TPSA) is 55.6 Å². The van der Waals surface area contributed by atoms with Crippen LogP contribution in [-0.2, 0) is 9.63 Å². The van der Waals surface area contributed by atoms with Crippen LogP contribution in [0.4, 0.5) is 0 Å². The lowest BCUT2D eigenvalue weighted by atomic mass is 10.1. The Morgan fingerprint density at radius 1 is 1.00 bits per heavy atom. The third-order valence-electron chi connectivity index (χ3n) is 2.54. The third-order valence-corrected chi connectivity index (χ3v) is 2.54. The van der Waals surface area contributed by atoms with E-state index in [9.17, 15) is 4.79 Å². The van der Waals surface area contributed by atoms with Gasteiger partial charge in [0.2, 0.25) is 6.41 Å². The maximum absolute atomic E-state index is 10.3. The Bertz CT molecular complexity index is 144. The number of hydrogen-bond donors (Lipinski definition) is 1. The first-order chi connectivity index (χ1) is 9.22. The van der Waals surface area contributed by atoms with Gasteiger partial charge in [-0.05, 0) is 6.42 Å². The summed E-state index contributed by atoms with van der Waals surface area (Å²) in [6.45, 7) is 7.16. The molecule has 0 bridgehead atoms. The van der Waals surface area contributed by atoms with Crippen molar-refractivity contribution >= 4 is 6.41 Å². The molecule has 0 rings (SSSR count). The summed E-state index contributed by atoms with van der Waals surface area (Å²) in [4.78, 5) is 15.7. The minimum absolute atomic E-state index is 0.904. The van der Waals surface area contributed by atoms with Crippen molar-refractivity contribution in [2.75, 3.05) is 20.7 Å². The summed E-state index contributed by atoms with van der Waals surface area (Å²) in [6.07, 6.45) is 11.5. The predicted molar refractivity (Wildman–Crippen MR) is 83.8 cm³/mol. The van der Waals surface area contributed by atoms with Gasteiger partial charge >= 0.3 is 0 Å². The Labute approximate surface area is 120 Å². The molecule has 0 aliphatic carbocycles. The number of hydrogen-bond acceptors (Lipinski definition) is 3. The monoisotopic (exact) mass is 276 g/mol. The minimum atomic E-state index is 0.904. The number of carbonyl (C=O) groups excluding carboxylic acids is 1. The highest BCUT2D eigenvalue weighted by molar-refractivity contribution is 5.46. The Hall–Kier alpha value is -0.610. The second kappa shape index (κ2) is 26.1. The molecule has 0 aromatic carbocycles. The predicted octanol–water partition coefficient (Wildman–Crippen LogP) is 3.75. The van der Waals surface area contributed by atoms with Crippen LogP contribution in [-0.4, -0.2) is 32.0 Å². The lowest BCUT2D eigenvalue weighted by Gasteiger charge is -2.09. The lowest BCUT2D eigenvalue weighted by molar-refractivity contribution is -0.117. The van der Waals surface area contributed by atoms with Gasteiger partial charge in [0.25, 0.3) is 0 Å². The van der Waals surface area contributed by atoms with Crippen molar-refractivity contribution in [3.63, 3.8) is 0 Å². The average Bonchev–Trinajstić information content (AvgIpc) is 2.44. The molecule has 0 unspecified atom stereocenters. The molecule has 0 radical (unpaired) electrons. The van der Waals surface area contributed by atoms with Gasteiger partial charge in [-0.15, -0.1) is 0 Å². The van der Waals surface area contributed by atoms with Crippen LogP contribution in [0.2, 0.25) is 0 Å². The van der Waals surface area contributed by atoms with Crippen molar-refractivity contribution in [2.45, 2.75) is 72.1 Å². The fourth-order valence-corrected chi connectivity index (χ4v) is 1.55. The van der Waals surface area contributed by atoms with Gasteiger partial charge in [0, 0.05) is 13.6 Å². The van der Waals surface area contributed by atoms with E-state index in [1.165, 1.54) is 52.1 Å². The van der Waals surface area contributed by atoms with Gasteiger partial charge in [0.05, 0.1) is 7.11 Å². The zero-order valence-corrected chi connectivity index (χ0v) is 13.8. The van der Waals surface area contributed by atoms with Crippen LogP contribution in [0.5, 0.6) is 0 Å². The van der Waals surface area contributed by atoms with E-state index < -0.39 is 0 Å². The van der Waals surface area contributed by atoms with Gasteiger partial charge in [0.1, 0.15) is 0 Å². The van der Waals surface area contributed by atoms with E-state index in [4.69, 9.17) is 0 Å². The van der Waals surface area contributed by atoms with Crippen LogP contribution in [0, 0.1) is 0 Å². The minimum Gasteiger partial charge on any atom is -0.348 e. The number of amides is 1. The molecule has 4 nitrogen and oxygen atoms in total. The van der Waals surface area contributed by atoms with Crippen molar-refractivity contribution in [1.82, 2.24) is 4.90 Å². The largest absolute Gasteiger partial charge is 0.348 e. The van der Waals surface area contributed by atoms with Gasteiger partial charge in [-0.2, -0.15) is 0 Å². The maximum Gasteiger partial charge on any atom is 0.209 e. The molecule has 0 saturated heterocycles. The number of rotatable bonds is 10.